The predicted octanol–water partition coefficient (Wildman–Crippen LogP) is 3.32. The van der Waals surface area contributed by atoms with Gasteiger partial charge in [-0.3, -0.25) is 0 Å². The third-order valence-electron chi connectivity index (χ3n) is 1.65. The third-order valence-corrected chi connectivity index (χ3v) is 2.13. The van der Waals surface area contributed by atoms with E-state index in [-0.39, 0.29) is 5.82 Å². The summed E-state index contributed by atoms with van der Waals surface area (Å²) in [7, 11) is 0. The molecule has 1 aromatic rings. The third kappa shape index (κ3) is 3.66. The number of hydrogen-bond acceptors (Lipinski definition) is 1. The van der Waals surface area contributed by atoms with E-state index in [1.54, 1.807) is 6.07 Å². The Bertz CT molecular complexity index is 339. The molecule has 1 aromatic carbocycles. The number of benzene rings is 1. The normalized spacial score (nSPS) is 10.2. The highest BCUT2D eigenvalue weighted by Gasteiger charge is 2.01. The van der Waals surface area contributed by atoms with Crippen LogP contribution in [0.4, 0.5) is 4.39 Å². The molecule has 0 heterocycles. The summed E-state index contributed by atoms with van der Waals surface area (Å²) in [6.45, 7) is 4.59. The molecule has 0 radical (unpaired) electrons. The number of halogens is 3. The zero-order chi connectivity index (χ0) is 10.6. The first kappa shape index (κ1) is 11.5. The summed E-state index contributed by atoms with van der Waals surface area (Å²) in [5, 5.41) is 3.97. The van der Waals surface area contributed by atoms with Crippen molar-refractivity contribution in [2.75, 3.05) is 6.54 Å². The Labute approximate surface area is 92.5 Å². The van der Waals surface area contributed by atoms with Crippen molar-refractivity contribution < 1.29 is 4.39 Å². The Hall–Kier alpha value is -0.570. The van der Waals surface area contributed by atoms with Gasteiger partial charge in [0.2, 0.25) is 0 Å². The lowest BCUT2D eigenvalue weighted by molar-refractivity contribution is 0.626. The van der Waals surface area contributed by atoms with Crippen LogP contribution in [0.25, 0.3) is 0 Å². The molecule has 0 aliphatic rings. The SMILES string of the molecule is C=C(Cl)CNCc1ccc(F)cc1Cl. The van der Waals surface area contributed by atoms with Gasteiger partial charge in [0.25, 0.3) is 0 Å². The molecule has 0 aliphatic carbocycles. The molecule has 0 atom stereocenters. The zero-order valence-corrected chi connectivity index (χ0v) is 9.00. The Morgan fingerprint density at radius 3 is 2.79 bits per heavy atom. The fourth-order valence-electron chi connectivity index (χ4n) is 0.998. The molecular formula is C10H10Cl2FN. The first-order chi connectivity index (χ1) is 6.59. The summed E-state index contributed by atoms with van der Waals surface area (Å²) in [6.07, 6.45) is 0. The molecule has 0 saturated heterocycles. The van der Waals surface area contributed by atoms with Crippen molar-refractivity contribution in [3.8, 4) is 0 Å². The van der Waals surface area contributed by atoms with E-state index in [1.807, 2.05) is 0 Å². The zero-order valence-electron chi connectivity index (χ0n) is 7.49. The first-order valence-corrected chi connectivity index (χ1v) is 4.83. The molecule has 76 valence electrons. The maximum absolute atomic E-state index is 12.7. The van der Waals surface area contributed by atoms with Crippen LogP contribution < -0.4 is 5.32 Å². The second-order valence-corrected chi connectivity index (χ2v) is 3.80. The lowest BCUT2D eigenvalue weighted by Crippen LogP contribution is -2.14. The lowest BCUT2D eigenvalue weighted by Gasteiger charge is -2.05. The van der Waals surface area contributed by atoms with Crippen LogP contribution in [-0.4, -0.2) is 6.54 Å². The van der Waals surface area contributed by atoms with Crippen LogP contribution in [0.2, 0.25) is 5.02 Å². The van der Waals surface area contributed by atoms with Gasteiger partial charge in [0, 0.05) is 23.1 Å². The number of rotatable bonds is 4. The second-order valence-electron chi connectivity index (χ2n) is 2.86. The number of nitrogens with one attached hydrogen (secondary N) is 1. The minimum atomic E-state index is -0.333. The van der Waals surface area contributed by atoms with Gasteiger partial charge in [-0.15, -0.1) is 0 Å². The van der Waals surface area contributed by atoms with Crippen LogP contribution in [0, 0.1) is 5.82 Å². The van der Waals surface area contributed by atoms with E-state index in [4.69, 9.17) is 23.2 Å². The fourth-order valence-corrected chi connectivity index (χ4v) is 1.33. The molecule has 1 rings (SSSR count). The summed E-state index contributed by atoms with van der Waals surface area (Å²) < 4.78 is 12.7. The van der Waals surface area contributed by atoms with Crippen LogP contribution in [0.3, 0.4) is 0 Å². The van der Waals surface area contributed by atoms with Crippen molar-refractivity contribution in [1.82, 2.24) is 5.32 Å². The summed E-state index contributed by atoms with van der Waals surface area (Å²) in [5.41, 5.74) is 0.839. The van der Waals surface area contributed by atoms with Crippen molar-refractivity contribution in [2.24, 2.45) is 0 Å². The van der Waals surface area contributed by atoms with E-state index < -0.39 is 0 Å². The molecule has 1 N–H and O–H groups in total. The van der Waals surface area contributed by atoms with Crippen molar-refractivity contribution in [3.05, 3.63) is 46.2 Å². The van der Waals surface area contributed by atoms with E-state index in [1.165, 1.54) is 12.1 Å². The average Bonchev–Trinajstić information content (AvgIpc) is 2.08. The van der Waals surface area contributed by atoms with Crippen LogP contribution >= 0.6 is 23.2 Å². The summed E-state index contributed by atoms with van der Waals surface area (Å²) in [5.74, 6) is -0.333. The van der Waals surface area contributed by atoms with Crippen molar-refractivity contribution >= 4 is 23.2 Å². The van der Waals surface area contributed by atoms with Gasteiger partial charge in [-0.1, -0.05) is 35.8 Å². The Kier molecular flexibility index (Phi) is 4.39. The molecule has 1 nitrogen and oxygen atoms in total. The summed E-state index contributed by atoms with van der Waals surface area (Å²) in [6, 6.07) is 4.30. The highest BCUT2D eigenvalue weighted by atomic mass is 35.5. The van der Waals surface area contributed by atoms with Crippen LogP contribution in [0.15, 0.2) is 29.8 Å². The van der Waals surface area contributed by atoms with Crippen LogP contribution in [0.5, 0.6) is 0 Å². The topological polar surface area (TPSA) is 12.0 Å². The summed E-state index contributed by atoms with van der Waals surface area (Å²) in [4.78, 5) is 0. The maximum Gasteiger partial charge on any atom is 0.124 e. The molecule has 0 fully saturated rings. The van der Waals surface area contributed by atoms with E-state index >= 15 is 0 Å². The molecule has 0 unspecified atom stereocenters. The minimum Gasteiger partial charge on any atom is -0.308 e. The van der Waals surface area contributed by atoms with Crippen molar-refractivity contribution in [3.63, 3.8) is 0 Å². The van der Waals surface area contributed by atoms with Crippen LogP contribution in [-0.2, 0) is 6.54 Å². The first-order valence-electron chi connectivity index (χ1n) is 4.07. The van der Waals surface area contributed by atoms with Gasteiger partial charge in [0.15, 0.2) is 0 Å². The Morgan fingerprint density at radius 1 is 1.50 bits per heavy atom. The Balaban J connectivity index is 2.55. The van der Waals surface area contributed by atoms with Crippen molar-refractivity contribution in [1.29, 1.82) is 0 Å². The van der Waals surface area contributed by atoms with Crippen molar-refractivity contribution in [2.45, 2.75) is 6.54 Å². The van der Waals surface area contributed by atoms with Gasteiger partial charge in [-0.2, -0.15) is 0 Å². The van der Waals surface area contributed by atoms with Gasteiger partial charge >= 0.3 is 0 Å². The summed E-state index contributed by atoms with van der Waals surface area (Å²) >= 11 is 11.4. The molecule has 0 amide bonds. The quantitative estimate of drug-likeness (QED) is 0.842. The van der Waals surface area contributed by atoms with Gasteiger partial charge in [-0.05, 0) is 17.7 Å². The van der Waals surface area contributed by atoms with E-state index in [2.05, 4.69) is 11.9 Å². The lowest BCUT2D eigenvalue weighted by atomic mass is 10.2. The molecule has 0 bridgehead atoms. The number of hydrogen-bond donors (Lipinski definition) is 1. The average molecular weight is 234 g/mol. The highest BCUT2D eigenvalue weighted by molar-refractivity contribution is 6.31. The fraction of sp³-hybridized carbons (Fsp3) is 0.200. The molecule has 4 heteroatoms. The van der Waals surface area contributed by atoms with Gasteiger partial charge in [0.05, 0.1) is 0 Å². The van der Waals surface area contributed by atoms with E-state index in [0.29, 0.717) is 23.1 Å². The molecular weight excluding hydrogens is 224 g/mol. The predicted molar refractivity (Wildman–Crippen MR) is 58.1 cm³/mol. The molecule has 14 heavy (non-hydrogen) atoms. The van der Waals surface area contributed by atoms with E-state index in [0.717, 1.165) is 5.56 Å². The molecule has 0 saturated carbocycles. The highest BCUT2D eigenvalue weighted by Crippen LogP contribution is 2.16. The molecule has 0 aromatic heterocycles. The van der Waals surface area contributed by atoms with Crippen LogP contribution in [0.1, 0.15) is 5.56 Å². The molecule has 0 aliphatic heterocycles. The van der Waals surface area contributed by atoms with Gasteiger partial charge < -0.3 is 5.32 Å². The van der Waals surface area contributed by atoms with Gasteiger partial charge in [0.1, 0.15) is 5.82 Å². The molecule has 0 spiro atoms. The minimum absolute atomic E-state index is 0.333. The Morgan fingerprint density at radius 2 is 2.21 bits per heavy atom. The second kappa shape index (κ2) is 5.35. The monoisotopic (exact) mass is 233 g/mol. The van der Waals surface area contributed by atoms with Gasteiger partial charge in [-0.25, -0.2) is 4.39 Å². The standard InChI is InChI=1S/C10H10Cl2FN/c1-7(11)5-14-6-8-2-3-9(13)4-10(8)12/h2-4,14H,1,5-6H2. The largest absolute Gasteiger partial charge is 0.308 e. The maximum atomic E-state index is 12.7. The smallest absolute Gasteiger partial charge is 0.124 e. The van der Waals surface area contributed by atoms with E-state index in [9.17, 15) is 4.39 Å².